The topological polar surface area (TPSA) is 45.2 Å². The summed E-state index contributed by atoms with van der Waals surface area (Å²) in [4.78, 5) is 17.1. The highest BCUT2D eigenvalue weighted by atomic mass is 19.1. The van der Waals surface area contributed by atoms with Crippen LogP contribution >= 0.6 is 0 Å². The molecular formula is C11H16FN3O. The number of carbonyl (C=O) groups excluding carboxylic acids is 1. The Morgan fingerprint density at radius 2 is 2.31 bits per heavy atom. The van der Waals surface area contributed by atoms with Crippen LogP contribution in [-0.4, -0.2) is 36.4 Å². The van der Waals surface area contributed by atoms with Crippen LogP contribution < -0.4 is 5.32 Å². The lowest BCUT2D eigenvalue weighted by Gasteiger charge is -2.16. The summed E-state index contributed by atoms with van der Waals surface area (Å²) >= 11 is 0. The molecule has 0 aliphatic rings. The molecule has 4 nitrogen and oxygen atoms in total. The molecule has 16 heavy (non-hydrogen) atoms. The fraction of sp³-hybridized carbons (Fsp3) is 0.455. The molecule has 0 fully saturated rings. The summed E-state index contributed by atoms with van der Waals surface area (Å²) in [6.07, 6.45) is 2.26. The number of hydrogen-bond acceptors (Lipinski definition) is 3. The number of aromatic nitrogens is 1. The lowest BCUT2D eigenvalue weighted by molar-refractivity contribution is 0.0790. The molecule has 1 heterocycles. The molecule has 0 bridgehead atoms. The van der Waals surface area contributed by atoms with Crippen molar-refractivity contribution in [2.75, 3.05) is 26.0 Å². The van der Waals surface area contributed by atoms with Gasteiger partial charge >= 0.3 is 0 Å². The summed E-state index contributed by atoms with van der Waals surface area (Å²) in [6, 6.07) is 1.39. The number of pyridine rings is 1. The predicted octanol–water partition coefficient (Wildman–Crippen LogP) is 1.74. The van der Waals surface area contributed by atoms with Gasteiger partial charge in [-0.15, -0.1) is 0 Å². The number of amides is 1. The van der Waals surface area contributed by atoms with Crippen LogP contribution in [0.1, 0.15) is 23.7 Å². The van der Waals surface area contributed by atoms with E-state index in [9.17, 15) is 9.18 Å². The Labute approximate surface area is 94.5 Å². The van der Waals surface area contributed by atoms with Gasteiger partial charge in [0.05, 0.1) is 5.56 Å². The molecule has 0 spiro atoms. The molecule has 88 valence electrons. The van der Waals surface area contributed by atoms with Gasteiger partial charge in [0.2, 0.25) is 0 Å². The van der Waals surface area contributed by atoms with E-state index in [1.54, 1.807) is 14.1 Å². The number of hydrogen-bond donors (Lipinski definition) is 1. The summed E-state index contributed by atoms with van der Waals surface area (Å²) in [5, 5.41) is 2.60. The average Bonchev–Trinajstić information content (AvgIpc) is 2.29. The molecule has 1 amide bonds. The first-order chi connectivity index (χ1) is 7.61. The number of carbonyl (C=O) groups is 1. The van der Waals surface area contributed by atoms with Gasteiger partial charge < -0.3 is 10.2 Å². The second-order valence-electron chi connectivity index (χ2n) is 3.50. The van der Waals surface area contributed by atoms with Gasteiger partial charge in [0.25, 0.3) is 5.91 Å². The second-order valence-corrected chi connectivity index (χ2v) is 3.50. The fourth-order valence-electron chi connectivity index (χ4n) is 1.43. The van der Waals surface area contributed by atoms with Crippen molar-refractivity contribution in [3.05, 3.63) is 23.6 Å². The van der Waals surface area contributed by atoms with Gasteiger partial charge in [-0.2, -0.15) is 0 Å². The number of halogens is 1. The summed E-state index contributed by atoms with van der Waals surface area (Å²) < 4.78 is 13.8. The van der Waals surface area contributed by atoms with E-state index < -0.39 is 5.82 Å². The number of nitrogens with zero attached hydrogens (tertiary/aromatic N) is 2. The Bertz CT molecular complexity index is 381. The molecule has 5 heteroatoms. The van der Waals surface area contributed by atoms with E-state index in [1.807, 2.05) is 6.92 Å². The van der Waals surface area contributed by atoms with E-state index in [1.165, 1.54) is 17.2 Å². The zero-order valence-corrected chi connectivity index (χ0v) is 9.75. The largest absolute Gasteiger partial charge is 0.371 e. The number of nitrogens with one attached hydrogen (secondary N) is 1. The third-order valence-electron chi connectivity index (χ3n) is 2.26. The molecule has 0 atom stereocenters. The van der Waals surface area contributed by atoms with Crippen LogP contribution in [0.5, 0.6) is 0 Å². The van der Waals surface area contributed by atoms with Gasteiger partial charge in [0, 0.05) is 26.8 Å². The quantitative estimate of drug-likeness (QED) is 0.849. The summed E-state index contributed by atoms with van der Waals surface area (Å²) in [6.45, 7) is 2.57. The van der Waals surface area contributed by atoms with Gasteiger partial charge in [-0.3, -0.25) is 4.79 Å². The average molecular weight is 225 g/mol. The van der Waals surface area contributed by atoms with Crippen LogP contribution in [0.25, 0.3) is 0 Å². The van der Waals surface area contributed by atoms with Crippen molar-refractivity contribution in [3.8, 4) is 0 Å². The van der Waals surface area contributed by atoms with Crippen molar-refractivity contribution >= 4 is 11.7 Å². The van der Waals surface area contributed by atoms with Crippen LogP contribution in [0, 0.1) is 5.82 Å². The summed E-state index contributed by atoms with van der Waals surface area (Å²) in [5.41, 5.74) is 0.0512. The third-order valence-corrected chi connectivity index (χ3v) is 2.26. The Kier molecular flexibility index (Phi) is 4.22. The molecule has 1 aromatic rings. The van der Waals surface area contributed by atoms with Crippen LogP contribution in [0.2, 0.25) is 0 Å². The van der Waals surface area contributed by atoms with Gasteiger partial charge in [0.15, 0.2) is 11.6 Å². The summed E-state index contributed by atoms with van der Waals surface area (Å²) in [7, 11) is 3.22. The van der Waals surface area contributed by atoms with Crippen molar-refractivity contribution < 1.29 is 9.18 Å². The lowest BCUT2D eigenvalue weighted by Crippen LogP contribution is -2.28. The molecule has 0 unspecified atom stereocenters. The first kappa shape index (κ1) is 12.4. The van der Waals surface area contributed by atoms with Crippen molar-refractivity contribution in [3.63, 3.8) is 0 Å². The Hall–Kier alpha value is -1.65. The van der Waals surface area contributed by atoms with Crippen LogP contribution in [0.3, 0.4) is 0 Å². The van der Waals surface area contributed by atoms with E-state index in [0.29, 0.717) is 6.54 Å². The van der Waals surface area contributed by atoms with Crippen molar-refractivity contribution in [1.82, 2.24) is 9.88 Å². The maximum absolute atomic E-state index is 13.8. The standard InChI is InChI=1S/C11H16FN3O/c1-4-7-15(3)11(16)8-5-6-14-10(13-2)9(8)12/h5-6H,4,7H2,1-3H3,(H,13,14). The zero-order valence-electron chi connectivity index (χ0n) is 9.75. The molecule has 1 rings (SSSR count). The number of anilines is 1. The van der Waals surface area contributed by atoms with E-state index in [0.717, 1.165) is 6.42 Å². The Morgan fingerprint density at radius 1 is 1.62 bits per heavy atom. The highest BCUT2D eigenvalue weighted by Gasteiger charge is 2.18. The molecule has 0 saturated heterocycles. The monoisotopic (exact) mass is 225 g/mol. The van der Waals surface area contributed by atoms with Crippen LogP contribution in [-0.2, 0) is 0 Å². The molecule has 0 aromatic carbocycles. The first-order valence-corrected chi connectivity index (χ1v) is 5.19. The Morgan fingerprint density at radius 3 is 2.88 bits per heavy atom. The second kappa shape index (κ2) is 5.44. The SMILES string of the molecule is CCCN(C)C(=O)c1ccnc(NC)c1F. The van der Waals surface area contributed by atoms with Crippen molar-refractivity contribution in [1.29, 1.82) is 0 Å². The molecule has 0 radical (unpaired) electrons. The van der Waals surface area contributed by atoms with E-state index in [4.69, 9.17) is 0 Å². The van der Waals surface area contributed by atoms with E-state index in [2.05, 4.69) is 10.3 Å². The normalized spacial score (nSPS) is 10.0. The highest BCUT2D eigenvalue weighted by Crippen LogP contribution is 2.15. The van der Waals surface area contributed by atoms with E-state index >= 15 is 0 Å². The molecule has 1 aromatic heterocycles. The zero-order chi connectivity index (χ0) is 12.1. The van der Waals surface area contributed by atoms with Crippen molar-refractivity contribution in [2.24, 2.45) is 0 Å². The predicted molar refractivity (Wildman–Crippen MR) is 61.0 cm³/mol. The lowest BCUT2D eigenvalue weighted by atomic mass is 10.2. The van der Waals surface area contributed by atoms with Gasteiger partial charge in [0.1, 0.15) is 0 Å². The van der Waals surface area contributed by atoms with Gasteiger partial charge in [-0.1, -0.05) is 6.92 Å². The van der Waals surface area contributed by atoms with Gasteiger partial charge in [-0.05, 0) is 12.5 Å². The maximum Gasteiger partial charge on any atom is 0.256 e. The third kappa shape index (κ3) is 2.48. The molecular weight excluding hydrogens is 209 g/mol. The first-order valence-electron chi connectivity index (χ1n) is 5.19. The minimum absolute atomic E-state index is 0.0512. The van der Waals surface area contributed by atoms with Gasteiger partial charge in [-0.25, -0.2) is 9.37 Å². The minimum Gasteiger partial charge on any atom is -0.371 e. The Balaban J connectivity index is 2.99. The van der Waals surface area contributed by atoms with Crippen LogP contribution in [0.15, 0.2) is 12.3 Å². The van der Waals surface area contributed by atoms with E-state index in [-0.39, 0.29) is 17.3 Å². The molecule has 0 aliphatic carbocycles. The molecule has 0 aliphatic heterocycles. The smallest absolute Gasteiger partial charge is 0.256 e. The minimum atomic E-state index is -0.599. The van der Waals surface area contributed by atoms with Crippen molar-refractivity contribution in [2.45, 2.75) is 13.3 Å². The fourth-order valence-corrected chi connectivity index (χ4v) is 1.43. The summed E-state index contributed by atoms with van der Waals surface area (Å²) in [5.74, 6) is -0.827. The molecule has 1 N–H and O–H groups in total. The van der Waals surface area contributed by atoms with Crippen LogP contribution in [0.4, 0.5) is 10.2 Å². The number of rotatable bonds is 4. The highest BCUT2D eigenvalue weighted by molar-refractivity contribution is 5.95. The maximum atomic E-state index is 13.8. The molecule has 0 saturated carbocycles.